The van der Waals surface area contributed by atoms with Crippen LogP contribution in [0.2, 0.25) is 0 Å². The molecule has 0 saturated carbocycles. The second-order valence-corrected chi connectivity index (χ2v) is 23.8. The first kappa shape index (κ1) is 79.3. The van der Waals surface area contributed by atoms with Gasteiger partial charge in [-0.25, -0.2) is 0 Å². The Morgan fingerprint density at radius 3 is 0.795 bits per heavy atom. The highest BCUT2D eigenvalue weighted by atomic mass is 16.6. The quantitative estimate of drug-likeness (QED) is 0.0261. The molecular formula is C77H134O6. The Labute approximate surface area is 515 Å². The van der Waals surface area contributed by atoms with E-state index in [1.165, 1.54) is 205 Å². The third kappa shape index (κ3) is 69.0. The first-order valence-electron chi connectivity index (χ1n) is 35.7. The smallest absolute Gasteiger partial charge is 0.306 e. The Morgan fingerprint density at radius 2 is 0.482 bits per heavy atom. The van der Waals surface area contributed by atoms with Crippen molar-refractivity contribution in [2.45, 2.75) is 361 Å². The number of carbonyl (C=O) groups excluding carboxylic acids is 3. The van der Waals surface area contributed by atoms with Crippen molar-refractivity contribution < 1.29 is 28.6 Å². The van der Waals surface area contributed by atoms with E-state index in [0.29, 0.717) is 19.3 Å². The van der Waals surface area contributed by atoms with E-state index in [1.54, 1.807) is 0 Å². The molecule has 0 aliphatic heterocycles. The molecule has 478 valence electrons. The molecule has 0 N–H and O–H groups in total. The molecule has 0 aromatic heterocycles. The average Bonchev–Trinajstić information content (AvgIpc) is 3.49. The number of unbranched alkanes of at least 4 members (excludes halogenated alkanes) is 38. The van der Waals surface area contributed by atoms with Gasteiger partial charge in [0.2, 0.25) is 0 Å². The minimum atomic E-state index is -0.813. The van der Waals surface area contributed by atoms with Crippen molar-refractivity contribution in [3.8, 4) is 0 Å². The van der Waals surface area contributed by atoms with E-state index in [0.717, 1.165) is 103 Å². The van der Waals surface area contributed by atoms with E-state index >= 15 is 0 Å². The molecule has 0 heterocycles. The van der Waals surface area contributed by atoms with Gasteiger partial charge in [0, 0.05) is 19.3 Å². The summed E-state index contributed by atoms with van der Waals surface area (Å²) < 4.78 is 16.9. The zero-order valence-corrected chi connectivity index (χ0v) is 54.9. The van der Waals surface area contributed by atoms with Gasteiger partial charge in [-0.1, -0.05) is 336 Å². The molecule has 0 saturated heterocycles. The van der Waals surface area contributed by atoms with Gasteiger partial charge >= 0.3 is 17.9 Å². The van der Waals surface area contributed by atoms with Gasteiger partial charge in [-0.05, 0) is 96.3 Å². The summed E-state index contributed by atoms with van der Waals surface area (Å²) in [6.45, 7) is 6.50. The molecule has 0 radical (unpaired) electrons. The lowest BCUT2D eigenvalue weighted by Gasteiger charge is -2.18. The van der Waals surface area contributed by atoms with E-state index in [9.17, 15) is 14.4 Å². The van der Waals surface area contributed by atoms with Gasteiger partial charge in [0.15, 0.2) is 6.10 Å². The Bertz CT molecular complexity index is 1610. The lowest BCUT2D eigenvalue weighted by atomic mass is 10.0. The van der Waals surface area contributed by atoms with Gasteiger partial charge in [-0.15, -0.1) is 0 Å². The van der Waals surface area contributed by atoms with Crippen molar-refractivity contribution in [1.29, 1.82) is 0 Å². The maximum absolute atomic E-state index is 12.9. The van der Waals surface area contributed by atoms with E-state index in [1.807, 2.05) is 0 Å². The van der Waals surface area contributed by atoms with E-state index in [4.69, 9.17) is 14.2 Å². The van der Waals surface area contributed by atoms with E-state index in [2.05, 4.69) is 118 Å². The van der Waals surface area contributed by atoms with Crippen LogP contribution >= 0.6 is 0 Å². The Kier molecular flexibility index (Phi) is 67.7. The van der Waals surface area contributed by atoms with Crippen LogP contribution in [-0.4, -0.2) is 37.2 Å². The van der Waals surface area contributed by atoms with Crippen molar-refractivity contribution >= 4 is 17.9 Å². The van der Waals surface area contributed by atoms with Crippen LogP contribution in [0.3, 0.4) is 0 Å². The lowest BCUT2D eigenvalue weighted by molar-refractivity contribution is -0.167. The summed E-state index contributed by atoms with van der Waals surface area (Å²) in [5, 5.41) is 0. The van der Waals surface area contributed by atoms with Crippen LogP contribution < -0.4 is 0 Å². The fourth-order valence-corrected chi connectivity index (χ4v) is 10.3. The molecule has 0 bridgehead atoms. The standard InChI is InChI=1S/C77H134O6/c1-4-7-10-13-16-19-22-25-27-29-31-33-35-36-37-38-39-40-42-43-45-47-49-52-55-58-61-64-67-70-76(79)82-73-74(72-81-75(78)69-66-63-60-57-54-51-24-21-18-15-12-9-6-3)83-77(80)71-68-65-62-59-56-53-50-48-46-44-41-34-32-30-28-26-23-20-17-14-11-8-5-2/h8,11,17,20-21,24,26,28,32,34,44,46,50,53,59,62,74H,4-7,9-10,12-16,18-19,22-23,25,27,29-31,33,35-43,45,47-49,51-52,54-58,60-61,63-73H2,1-3H3/b11-8-,20-17-,24-21-,28-26-,34-32-,46-44-,53-50-,62-59-. The largest absolute Gasteiger partial charge is 0.462 e. The number of esters is 3. The molecule has 0 fully saturated rings. The number of hydrogen-bond acceptors (Lipinski definition) is 6. The molecule has 0 rings (SSSR count). The van der Waals surface area contributed by atoms with Crippen LogP contribution in [0.4, 0.5) is 0 Å². The monoisotopic (exact) mass is 1160 g/mol. The molecule has 1 unspecified atom stereocenters. The van der Waals surface area contributed by atoms with Crippen molar-refractivity contribution in [2.75, 3.05) is 13.2 Å². The average molecular weight is 1160 g/mol. The minimum Gasteiger partial charge on any atom is -0.462 e. The second kappa shape index (κ2) is 70.8. The van der Waals surface area contributed by atoms with Crippen LogP contribution in [0.15, 0.2) is 97.2 Å². The molecule has 0 amide bonds. The summed E-state index contributed by atoms with van der Waals surface area (Å²) in [6, 6.07) is 0. The van der Waals surface area contributed by atoms with Gasteiger partial charge in [-0.2, -0.15) is 0 Å². The second-order valence-electron chi connectivity index (χ2n) is 23.8. The van der Waals surface area contributed by atoms with Crippen LogP contribution in [0.25, 0.3) is 0 Å². The van der Waals surface area contributed by atoms with Gasteiger partial charge in [0.25, 0.3) is 0 Å². The zero-order chi connectivity index (χ0) is 59.9. The van der Waals surface area contributed by atoms with Gasteiger partial charge in [0.1, 0.15) is 13.2 Å². The summed E-state index contributed by atoms with van der Waals surface area (Å²) in [4.78, 5) is 38.4. The van der Waals surface area contributed by atoms with Crippen LogP contribution in [0, 0.1) is 0 Å². The molecular weight excluding hydrogens is 1020 g/mol. The number of hydrogen-bond donors (Lipinski definition) is 0. The first-order chi connectivity index (χ1) is 41.0. The minimum absolute atomic E-state index is 0.101. The van der Waals surface area contributed by atoms with Gasteiger partial charge < -0.3 is 14.2 Å². The van der Waals surface area contributed by atoms with Crippen molar-refractivity contribution in [1.82, 2.24) is 0 Å². The molecule has 1 atom stereocenters. The highest BCUT2D eigenvalue weighted by Gasteiger charge is 2.19. The molecule has 6 nitrogen and oxygen atoms in total. The lowest BCUT2D eigenvalue weighted by Crippen LogP contribution is -2.30. The van der Waals surface area contributed by atoms with Crippen LogP contribution in [0.1, 0.15) is 355 Å². The van der Waals surface area contributed by atoms with Crippen molar-refractivity contribution in [3.05, 3.63) is 97.2 Å². The van der Waals surface area contributed by atoms with Crippen LogP contribution in [0.5, 0.6) is 0 Å². The predicted octanol–water partition coefficient (Wildman–Crippen LogP) is 24.8. The molecule has 6 heteroatoms. The molecule has 0 spiro atoms. The van der Waals surface area contributed by atoms with E-state index in [-0.39, 0.29) is 37.5 Å². The predicted molar refractivity (Wildman–Crippen MR) is 362 cm³/mol. The van der Waals surface area contributed by atoms with Crippen LogP contribution in [-0.2, 0) is 28.6 Å². The third-order valence-electron chi connectivity index (χ3n) is 15.6. The Hall–Kier alpha value is -3.67. The number of allylic oxidation sites excluding steroid dienone is 16. The zero-order valence-electron chi connectivity index (χ0n) is 54.9. The molecule has 0 aromatic rings. The first-order valence-corrected chi connectivity index (χ1v) is 35.7. The molecule has 0 aliphatic carbocycles. The van der Waals surface area contributed by atoms with Crippen molar-refractivity contribution in [3.63, 3.8) is 0 Å². The molecule has 83 heavy (non-hydrogen) atoms. The maximum Gasteiger partial charge on any atom is 0.306 e. The third-order valence-corrected chi connectivity index (χ3v) is 15.6. The maximum atomic E-state index is 12.9. The molecule has 0 aliphatic rings. The fourth-order valence-electron chi connectivity index (χ4n) is 10.3. The van der Waals surface area contributed by atoms with E-state index < -0.39 is 6.10 Å². The number of rotatable bonds is 65. The summed E-state index contributed by atoms with van der Waals surface area (Å²) in [6.07, 6.45) is 96.0. The van der Waals surface area contributed by atoms with Crippen molar-refractivity contribution in [2.24, 2.45) is 0 Å². The molecule has 0 aromatic carbocycles. The normalized spacial score (nSPS) is 12.7. The Balaban J connectivity index is 4.31. The highest BCUT2D eigenvalue weighted by molar-refractivity contribution is 5.71. The summed E-state index contributed by atoms with van der Waals surface area (Å²) in [5.41, 5.74) is 0. The van der Waals surface area contributed by atoms with Gasteiger partial charge in [-0.3, -0.25) is 14.4 Å². The van der Waals surface area contributed by atoms with Gasteiger partial charge in [0.05, 0.1) is 0 Å². The number of ether oxygens (including phenoxy) is 3. The topological polar surface area (TPSA) is 78.9 Å². The Morgan fingerprint density at radius 1 is 0.253 bits per heavy atom. The summed E-state index contributed by atoms with van der Waals surface area (Å²) in [7, 11) is 0. The fraction of sp³-hybridized carbons (Fsp3) is 0.753. The number of carbonyl (C=O) groups is 3. The summed E-state index contributed by atoms with van der Waals surface area (Å²) in [5.74, 6) is -0.955. The summed E-state index contributed by atoms with van der Waals surface area (Å²) >= 11 is 0. The SMILES string of the molecule is CC/C=C\C/C=C\C/C=C\C/C=C\C/C=C\C/C=C\C/C=C\CCCC(=O)OC(COC(=O)CCCCCCC/C=C\CCCCCC)COC(=O)CCCCCCCCCCCCCCCCCCCCCCCCCCCCCCC. The highest BCUT2D eigenvalue weighted by Crippen LogP contribution is 2.18.